The third kappa shape index (κ3) is 3.84. The van der Waals surface area contributed by atoms with Crippen molar-refractivity contribution in [3.05, 3.63) is 47.9 Å². The number of imidazole rings is 1. The van der Waals surface area contributed by atoms with E-state index < -0.39 is 0 Å². The first-order chi connectivity index (χ1) is 15.1. The topological polar surface area (TPSA) is 69.5 Å². The minimum atomic E-state index is -0.0232. The summed E-state index contributed by atoms with van der Waals surface area (Å²) < 4.78 is 13.2. The Hall–Kier alpha value is -3.09. The fraction of sp³-hybridized carbons (Fsp3) is 0.458. The summed E-state index contributed by atoms with van der Waals surface area (Å²) in [5.41, 5.74) is 2.42. The molecule has 0 N–H and O–H groups in total. The highest BCUT2D eigenvalue weighted by Gasteiger charge is 2.27. The van der Waals surface area contributed by atoms with Gasteiger partial charge in [-0.25, -0.2) is 9.97 Å². The number of carbonyl (C=O) groups is 1. The van der Waals surface area contributed by atoms with Crippen molar-refractivity contribution in [2.75, 3.05) is 13.3 Å². The van der Waals surface area contributed by atoms with Gasteiger partial charge in [0.2, 0.25) is 6.79 Å². The molecule has 1 amide bonds. The van der Waals surface area contributed by atoms with E-state index in [-0.39, 0.29) is 12.7 Å². The summed E-state index contributed by atoms with van der Waals surface area (Å²) in [6, 6.07) is 9.72. The molecule has 1 aliphatic carbocycles. The highest BCUT2D eigenvalue weighted by atomic mass is 16.7. The maximum Gasteiger partial charge on any atom is 0.254 e. The van der Waals surface area contributed by atoms with Crippen LogP contribution in [0.3, 0.4) is 0 Å². The number of ether oxygens (including phenoxy) is 2. The van der Waals surface area contributed by atoms with Crippen molar-refractivity contribution in [1.82, 2.24) is 19.4 Å². The van der Waals surface area contributed by atoms with Gasteiger partial charge in [-0.05, 0) is 49.1 Å². The number of benzene rings is 1. The van der Waals surface area contributed by atoms with Crippen LogP contribution in [0.1, 0.15) is 61.8 Å². The summed E-state index contributed by atoms with van der Waals surface area (Å²) in [6.45, 7) is 5.55. The van der Waals surface area contributed by atoms with Gasteiger partial charge in [-0.3, -0.25) is 4.79 Å². The predicted molar refractivity (Wildman–Crippen MR) is 117 cm³/mol. The number of fused-ring (bicyclic) bond motifs is 2. The molecule has 162 valence electrons. The first-order valence-electron chi connectivity index (χ1n) is 11.1. The Balaban J connectivity index is 1.49. The molecular formula is C24H28N4O3. The molecule has 3 heterocycles. The molecule has 2 aliphatic rings. The predicted octanol–water partition coefficient (Wildman–Crippen LogP) is 4.57. The van der Waals surface area contributed by atoms with E-state index in [1.807, 2.05) is 29.3 Å². The lowest BCUT2D eigenvalue weighted by Crippen LogP contribution is -2.35. The Kier molecular flexibility index (Phi) is 5.26. The molecule has 1 aromatic carbocycles. The second kappa shape index (κ2) is 8.21. The summed E-state index contributed by atoms with van der Waals surface area (Å²) in [6.07, 6.45) is 6.54. The number of aromatic nitrogens is 3. The lowest BCUT2D eigenvalue weighted by atomic mass is 10.1. The standard InChI is InChI=1S/C24H28N4O3/c1-16(2)13-27(24(29)17-9-10-20-21(12-17)31-15-30-20)14-22-26-19-8-5-11-25-23(19)28(22)18-6-3-4-7-18/h5,8-12,16,18H,3-4,6-7,13-15H2,1-2H3. The van der Waals surface area contributed by atoms with Crippen molar-refractivity contribution < 1.29 is 14.3 Å². The van der Waals surface area contributed by atoms with Crippen molar-refractivity contribution in [3.63, 3.8) is 0 Å². The van der Waals surface area contributed by atoms with Crippen LogP contribution < -0.4 is 9.47 Å². The number of hydrogen-bond donors (Lipinski definition) is 0. The molecule has 7 heteroatoms. The molecule has 1 aliphatic heterocycles. The van der Waals surface area contributed by atoms with Gasteiger partial charge in [0.15, 0.2) is 17.1 Å². The fourth-order valence-electron chi connectivity index (χ4n) is 4.68. The van der Waals surface area contributed by atoms with Gasteiger partial charge in [0, 0.05) is 24.3 Å². The van der Waals surface area contributed by atoms with Gasteiger partial charge in [-0.1, -0.05) is 26.7 Å². The lowest BCUT2D eigenvalue weighted by molar-refractivity contribution is 0.0715. The average Bonchev–Trinajstić information content (AvgIpc) is 3.50. The quantitative estimate of drug-likeness (QED) is 0.584. The molecule has 0 radical (unpaired) electrons. The first kappa shape index (κ1) is 19.8. The van der Waals surface area contributed by atoms with Crippen molar-refractivity contribution in [2.24, 2.45) is 5.92 Å². The zero-order valence-corrected chi connectivity index (χ0v) is 18.1. The van der Waals surface area contributed by atoms with Gasteiger partial charge in [0.25, 0.3) is 5.91 Å². The maximum atomic E-state index is 13.5. The third-order valence-electron chi connectivity index (χ3n) is 6.04. The zero-order valence-electron chi connectivity index (χ0n) is 18.1. The molecule has 1 fully saturated rings. The van der Waals surface area contributed by atoms with Gasteiger partial charge in [-0.15, -0.1) is 0 Å². The molecule has 3 aromatic rings. The molecule has 0 unspecified atom stereocenters. The summed E-state index contributed by atoms with van der Waals surface area (Å²) in [5, 5.41) is 0. The summed E-state index contributed by atoms with van der Waals surface area (Å²) in [5.74, 6) is 2.53. The van der Waals surface area contributed by atoms with Crippen molar-refractivity contribution in [3.8, 4) is 11.5 Å². The molecule has 0 bridgehead atoms. The maximum absolute atomic E-state index is 13.5. The Labute approximate surface area is 182 Å². The molecule has 0 saturated heterocycles. The van der Waals surface area contributed by atoms with Crippen LogP contribution in [0.4, 0.5) is 0 Å². The number of hydrogen-bond acceptors (Lipinski definition) is 5. The van der Waals surface area contributed by atoms with E-state index in [0.29, 0.717) is 42.1 Å². The van der Waals surface area contributed by atoms with E-state index in [4.69, 9.17) is 14.5 Å². The number of pyridine rings is 1. The Morgan fingerprint density at radius 2 is 2.00 bits per heavy atom. The fourth-order valence-corrected chi connectivity index (χ4v) is 4.68. The molecule has 2 aromatic heterocycles. The van der Waals surface area contributed by atoms with Crippen LogP contribution >= 0.6 is 0 Å². The highest BCUT2D eigenvalue weighted by Crippen LogP contribution is 2.35. The highest BCUT2D eigenvalue weighted by molar-refractivity contribution is 5.95. The van der Waals surface area contributed by atoms with E-state index in [2.05, 4.69) is 23.4 Å². The number of rotatable bonds is 6. The Morgan fingerprint density at radius 3 is 2.81 bits per heavy atom. The van der Waals surface area contributed by atoms with E-state index >= 15 is 0 Å². The van der Waals surface area contributed by atoms with Gasteiger partial charge < -0.3 is 18.9 Å². The SMILES string of the molecule is CC(C)CN(Cc1nc2cccnc2n1C1CCCC1)C(=O)c1ccc2c(c1)OCO2. The Bertz CT molecular complexity index is 1100. The molecule has 7 nitrogen and oxygen atoms in total. The first-order valence-corrected chi connectivity index (χ1v) is 11.1. The van der Waals surface area contributed by atoms with Gasteiger partial charge in [-0.2, -0.15) is 0 Å². The molecule has 31 heavy (non-hydrogen) atoms. The number of carbonyl (C=O) groups excluding carboxylic acids is 1. The van der Waals surface area contributed by atoms with E-state index in [1.54, 1.807) is 12.1 Å². The minimum Gasteiger partial charge on any atom is -0.454 e. The van der Waals surface area contributed by atoms with Crippen LogP contribution in [0.25, 0.3) is 11.2 Å². The molecule has 5 rings (SSSR count). The van der Waals surface area contributed by atoms with Crippen LogP contribution in [-0.4, -0.2) is 38.7 Å². The van der Waals surface area contributed by atoms with Crippen LogP contribution in [0.2, 0.25) is 0 Å². The molecular weight excluding hydrogens is 392 g/mol. The van der Waals surface area contributed by atoms with Crippen molar-refractivity contribution in [1.29, 1.82) is 0 Å². The normalized spacial score (nSPS) is 15.8. The number of amides is 1. The summed E-state index contributed by atoms with van der Waals surface area (Å²) >= 11 is 0. The molecule has 0 spiro atoms. The van der Waals surface area contributed by atoms with Crippen molar-refractivity contribution in [2.45, 2.75) is 52.1 Å². The van der Waals surface area contributed by atoms with Crippen LogP contribution in [-0.2, 0) is 6.54 Å². The largest absolute Gasteiger partial charge is 0.454 e. The molecule has 1 saturated carbocycles. The molecule has 0 atom stereocenters. The van der Waals surface area contributed by atoms with Crippen molar-refractivity contribution >= 4 is 17.1 Å². The van der Waals surface area contributed by atoms with Crippen LogP contribution in [0, 0.1) is 5.92 Å². The van der Waals surface area contributed by atoms with Gasteiger partial charge in [0.1, 0.15) is 11.3 Å². The van der Waals surface area contributed by atoms with E-state index in [0.717, 1.165) is 29.8 Å². The van der Waals surface area contributed by atoms with Crippen LogP contribution in [0.5, 0.6) is 11.5 Å². The second-order valence-corrected chi connectivity index (χ2v) is 8.83. The third-order valence-corrected chi connectivity index (χ3v) is 6.04. The van der Waals surface area contributed by atoms with Gasteiger partial charge in [0.05, 0.1) is 6.54 Å². The smallest absolute Gasteiger partial charge is 0.254 e. The lowest BCUT2D eigenvalue weighted by Gasteiger charge is -2.26. The summed E-state index contributed by atoms with van der Waals surface area (Å²) in [7, 11) is 0. The minimum absolute atomic E-state index is 0.0232. The average molecular weight is 421 g/mol. The van der Waals surface area contributed by atoms with E-state index in [9.17, 15) is 4.79 Å². The zero-order chi connectivity index (χ0) is 21.4. The second-order valence-electron chi connectivity index (χ2n) is 8.83. The number of nitrogens with zero attached hydrogens (tertiary/aromatic N) is 4. The monoisotopic (exact) mass is 420 g/mol. The van der Waals surface area contributed by atoms with E-state index in [1.165, 1.54) is 12.8 Å². The van der Waals surface area contributed by atoms with Gasteiger partial charge >= 0.3 is 0 Å². The van der Waals surface area contributed by atoms with Crippen LogP contribution in [0.15, 0.2) is 36.5 Å². The Morgan fingerprint density at radius 1 is 1.19 bits per heavy atom. The summed E-state index contributed by atoms with van der Waals surface area (Å²) in [4.78, 5) is 24.9.